The summed E-state index contributed by atoms with van der Waals surface area (Å²) in [6.07, 6.45) is 9.77. The van der Waals surface area contributed by atoms with Crippen molar-refractivity contribution in [2.24, 2.45) is 0 Å². The fourth-order valence-corrected chi connectivity index (χ4v) is 6.08. The molecule has 0 fully saturated rings. The molecule has 0 saturated carbocycles. The number of ketones is 2. The number of hydrogen-bond acceptors (Lipinski definition) is 8. The summed E-state index contributed by atoms with van der Waals surface area (Å²) >= 11 is 0. The third-order valence-electron chi connectivity index (χ3n) is 8.73. The molecule has 4 rings (SSSR count). The quantitative estimate of drug-likeness (QED) is 0.0660. The Labute approximate surface area is 320 Å². The van der Waals surface area contributed by atoms with Gasteiger partial charge >= 0.3 is 0 Å². The van der Waals surface area contributed by atoms with E-state index >= 15 is 0 Å². The molecule has 54 heavy (non-hydrogen) atoms. The van der Waals surface area contributed by atoms with Crippen LogP contribution in [0.4, 0.5) is 0 Å². The number of ether oxygens (including phenoxy) is 2. The zero-order valence-corrected chi connectivity index (χ0v) is 32.9. The van der Waals surface area contributed by atoms with Crippen LogP contribution < -0.4 is 9.47 Å². The fraction of sp³-hybridized carbons (Fsp3) is 0.348. The van der Waals surface area contributed by atoms with E-state index in [2.05, 4.69) is 13.8 Å². The van der Waals surface area contributed by atoms with Crippen molar-refractivity contribution in [3.05, 3.63) is 117 Å². The largest absolute Gasteiger partial charge is 0.508 e. The SMILES string of the molecule is CCCc1cc(C=CC(=O)c2ccc(O)cc2)c(OCC)c(CCC)c1O.CCOc1c(C=CC(=O)c2ccc(O)cc2)cc(C(C)C)c(O)c1C(C)C. The number of hydrogen-bond donors (Lipinski definition) is 4. The topological polar surface area (TPSA) is 134 Å². The van der Waals surface area contributed by atoms with Crippen LogP contribution in [0.15, 0.2) is 72.8 Å². The molecular weight excluding hydrogens is 680 g/mol. The maximum atomic E-state index is 12.4. The summed E-state index contributed by atoms with van der Waals surface area (Å²) in [5, 5.41) is 40.1. The molecule has 0 radical (unpaired) electrons. The van der Waals surface area contributed by atoms with Crippen molar-refractivity contribution in [1.29, 1.82) is 0 Å². The Hall–Kier alpha value is -5.50. The summed E-state index contributed by atoms with van der Waals surface area (Å²) in [4.78, 5) is 24.9. The molecule has 0 atom stereocenters. The van der Waals surface area contributed by atoms with Gasteiger partial charge in [0.2, 0.25) is 0 Å². The third kappa shape index (κ3) is 11.3. The van der Waals surface area contributed by atoms with Gasteiger partial charge in [-0.15, -0.1) is 0 Å². The van der Waals surface area contributed by atoms with Gasteiger partial charge in [0.1, 0.15) is 34.5 Å². The van der Waals surface area contributed by atoms with Gasteiger partial charge in [0.05, 0.1) is 13.2 Å². The van der Waals surface area contributed by atoms with Crippen LogP contribution in [0.5, 0.6) is 34.5 Å². The van der Waals surface area contributed by atoms with Gasteiger partial charge in [-0.1, -0.05) is 54.4 Å². The predicted molar refractivity (Wildman–Crippen MR) is 218 cm³/mol. The van der Waals surface area contributed by atoms with Gasteiger partial charge in [-0.3, -0.25) is 9.59 Å². The molecule has 4 aromatic carbocycles. The monoisotopic (exact) mass is 736 g/mol. The van der Waals surface area contributed by atoms with Crippen LogP contribution in [-0.4, -0.2) is 45.2 Å². The van der Waals surface area contributed by atoms with Crippen LogP contribution in [-0.2, 0) is 12.8 Å². The Morgan fingerprint density at radius 2 is 1.07 bits per heavy atom. The van der Waals surface area contributed by atoms with Crippen molar-refractivity contribution >= 4 is 23.7 Å². The molecule has 0 unspecified atom stereocenters. The minimum absolute atomic E-state index is 0.0743. The number of phenolic OH excluding ortho intramolecular Hbond substituents is 4. The Morgan fingerprint density at radius 3 is 1.50 bits per heavy atom. The second-order valence-corrected chi connectivity index (χ2v) is 13.6. The van der Waals surface area contributed by atoms with Gasteiger partial charge < -0.3 is 29.9 Å². The van der Waals surface area contributed by atoms with E-state index in [0.717, 1.165) is 52.6 Å². The molecule has 0 aliphatic rings. The maximum Gasteiger partial charge on any atom is 0.185 e. The second kappa shape index (κ2) is 20.7. The number of aryl methyl sites for hydroxylation is 1. The van der Waals surface area contributed by atoms with Gasteiger partial charge in [-0.25, -0.2) is 0 Å². The number of aromatic hydroxyl groups is 4. The Morgan fingerprint density at radius 1 is 0.611 bits per heavy atom. The van der Waals surface area contributed by atoms with E-state index in [4.69, 9.17) is 9.47 Å². The lowest BCUT2D eigenvalue weighted by molar-refractivity contribution is 0.103. The zero-order chi connectivity index (χ0) is 39.9. The van der Waals surface area contributed by atoms with E-state index < -0.39 is 0 Å². The van der Waals surface area contributed by atoms with Gasteiger partial charge in [0.25, 0.3) is 0 Å². The summed E-state index contributed by atoms with van der Waals surface area (Å²) in [6.45, 7) is 16.9. The predicted octanol–water partition coefficient (Wildman–Crippen LogP) is 10.9. The normalized spacial score (nSPS) is 11.3. The van der Waals surface area contributed by atoms with Crippen LogP contribution in [0.1, 0.15) is 134 Å². The Bertz CT molecular complexity index is 1920. The number of benzene rings is 4. The van der Waals surface area contributed by atoms with Crippen molar-refractivity contribution in [3.8, 4) is 34.5 Å². The molecule has 4 aromatic rings. The van der Waals surface area contributed by atoms with Gasteiger partial charge in [0.15, 0.2) is 11.6 Å². The molecule has 0 saturated heterocycles. The van der Waals surface area contributed by atoms with Crippen LogP contribution in [0.2, 0.25) is 0 Å². The van der Waals surface area contributed by atoms with Crippen molar-refractivity contribution in [2.75, 3.05) is 13.2 Å². The molecule has 0 bridgehead atoms. The standard InChI is InChI=1S/2C23H28O4/c1-6-27-23-17(9-12-20(25)16-7-10-18(24)11-8-16)13-19(14(2)3)22(26)21(23)15(4)5;1-4-7-17-15-18(23(27-6-3)20(8-5-2)22(17)26)11-14-21(25)16-9-12-19(24)13-10-16/h7-15,24,26H,6H2,1-5H3;9-15,24,26H,4-8H2,1-3H3. The molecule has 0 amide bonds. The fourth-order valence-electron chi connectivity index (χ4n) is 6.08. The zero-order valence-electron chi connectivity index (χ0n) is 32.9. The molecular formula is C46H56O8. The lowest BCUT2D eigenvalue weighted by Gasteiger charge is -2.21. The van der Waals surface area contributed by atoms with Gasteiger partial charge in [-0.05, 0) is 135 Å². The highest BCUT2D eigenvalue weighted by Gasteiger charge is 2.22. The minimum atomic E-state index is -0.164. The van der Waals surface area contributed by atoms with E-state index in [9.17, 15) is 30.0 Å². The first kappa shape index (κ1) is 42.9. The highest BCUT2D eigenvalue weighted by atomic mass is 16.5. The van der Waals surface area contributed by atoms with E-state index in [0.29, 0.717) is 48.0 Å². The van der Waals surface area contributed by atoms with E-state index in [-0.39, 0.29) is 40.7 Å². The molecule has 8 nitrogen and oxygen atoms in total. The maximum absolute atomic E-state index is 12.4. The molecule has 4 N–H and O–H groups in total. The van der Waals surface area contributed by atoms with Crippen molar-refractivity contribution < 1.29 is 39.5 Å². The van der Waals surface area contributed by atoms with Crippen LogP contribution >= 0.6 is 0 Å². The van der Waals surface area contributed by atoms with Gasteiger partial charge in [0, 0.05) is 33.4 Å². The molecule has 8 heteroatoms. The van der Waals surface area contributed by atoms with Crippen molar-refractivity contribution in [2.45, 2.75) is 92.9 Å². The first-order valence-corrected chi connectivity index (χ1v) is 18.8. The summed E-state index contributed by atoms with van der Waals surface area (Å²) < 4.78 is 11.7. The van der Waals surface area contributed by atoms with E-state index in [1.165, 1.54) is 36.4 Å². The highest BCUT2D eigenvalue weighted by molar-refractivity contribution is 6.07. The number of rotatable bonds is 16. The number of carbonyl (C=O) groups excluding carboxylic acids is 2. The smallest absolute Gasteiger partial charge is 0.185 e. The summed E-state index contributed by atoms with van der Waals surface area (Å²) in [6, 6.07) is 16.1. The van der Waals surface area contributed by atoms with E-state index in [1.807, 2.05) is 53.7 Å². The van der Waals surface area contributed by atoms with Gasteiger partial charge in [-0.2, -0.15) is 0 Å². The van der Waals surface area contributed by atoms with Crippen molar-refractivity contribution in [3.63, 3.8) is 0 Å². The number of allylic oxidation sites excluding steroid dienone is 2. The molecule has 0 aromatic heterocycles. The first-order valence-electron chi connectivity index (χ1n) is 18.8. The average Bonchev–Trinajstić information content (AvgIpc) is 3.14. The lowest BCUT2D eigenvalue weighted by atomic mass is 9.90. The molecule has 288 valence electrons. The summed E-state index contributed by atoms with van der Waals surface area (Å²) in [5.41, 5.74) is 5.85. The molecule has 0 aliphatic carbocycles. The van der Waals surface area contributed by atoms with Crippen molar-refractivity contribution in [1.82, 2.24) is 0 Å². The van der Waals surface area contributed by atoms with E-state index in [1.54, 1.807) is 36.4 Å². The Balaban J connectivity index is 0.000000290. The molecule has 0 spiro atoms. The first-order chi connectivity index (χ1) is 25.8. The van der Waals surface area contributed by atoms with Crippen LogP contribution in [0.25, 0.3) is 12.2 Å². The number of phenols is 4. The highest BCUT2D eigenvalue weighted by Crippen LogP contribution is 2.43. The molecule has 0 aliphatic heterocycles. The summed E-state index contributed by atoms with van der Waals surface area (Å²) in [7, 11) is 0. The summed E-state index contributed by atoms with van der Waals surface area (Å²) in [5.74, 6) is 1.98. The van der Waals surface area contributed by atoms with Crippen LogP contribution in [0, 0.1) is 0 Å². The Kier molecular flexibility index (Phi) is 16.4. The lowest BCUT2D eigenvalue weighted by Crippen LogP contribution is -2.04. The third-order valence-corrected chi connectivity index (χ3v) is 8.73. The molecule has 0 heterocycles. The second-order valence-electron chi connectivity index (χ2n) is 13.6. The number of carbonyl (C=O) groups is 2. The average molecular weight is 737 g/mol. The minimum Gasteiger partial charge on any atom is -0.508 e. The van der Waals surface area contributed by atoms with Crippen LogP contribution in [0.3, 0.4) is 0 Å².